The average molecular weight is 718 g/mol. The first-order valence-corrected chi connectivity index (χ1v) is 21.2. The van der Waals surface area contributed by atoms with Crippen molar-refractivity contribution >= 4 is 49.0 Å². The third-order valence-corrected chi connectivity index (χ3v) is 13.4. The van der Waals surface area contributed by atoms with Crippen LogP contribution in [0.2, 0.25) is 23.7 Å². The van der Waals surface area contributed by atoms with E-state index in [-0.39, 0.29) is 43.8 Å². The molecule has 9 nitrogen and oxygen atoms in total. The van der Waals surface area contributed by atoms with Crippen LogP contribution in [0.4, 0.5) is 11.4 Å². The number of nitrogens with zero attached hydrogens (tertiary/aromatic N) is 3. The van der Waals surface area contributed by atoms with Crippen molar-refractivity contribution in [2.75, 3.05) is 29.5 Å². The van der Waals surface area contributed by atoms with Gasteiger partial charge in [0.05, 0.1) is 31.4 Å². The molecule has 3 aromatic carbocycles. The summed E-state index contributed by atoms with van der Waals surface area (Å²) >= 11 is 6.59. The van der Waals surface area contributed by atoms with Crippen molar-refractivity contribution in [1.82, 2.24) is 4.90 Å². The van der Waals surface area contributed by atoms with E-state index in [1.807, 2.05) is 85.6 Å². The summed E-state index contributed by atoms with van der Waals surface area (Å²) in [6, 6.07) is 22.8. The lowest BCUT2D eigenvalue weighted by Gasteiger charge is -2.32. The van der Waals surface area contributed by atoms with Crippen LogP contribution in [0, 0.1) is 5.92 Å². The van der Waals surface area contributed by atoms with Gasteiger partial charge in [0.2, 0.25) is 11.8 Å². The van der Waals surface area contributed by atoms with Gasteiger partial charge >= 0.3 is 0 Å². The smallest absolute Gasteiger partial charge is 0.264 e. The Morgan fingerprint density at radius 1 is 1.00 bits per heavy atom. The Balaban J connectivity index is 1.32. The second-order valence-electron chi connectivity index (χ2n) is 14.5. The Hall–Kier alpha value is -3.54. The molecule has 3 aromatic rings. The van der Waals surface area contributed by atoms with Crippen LogP contribution in [-0.2, 0) is 37.8 Å². The van der Waals surface area contributed by atoms with E-state index >= 15 is 0 Å². The van der Waals surface area contributed by atoms with Gasteiger partial charge in [-0.05, 0) is 67.4 Å². The van der Waals surface area contributed by atoms with Crippen LogP contribution in [0.15, 0.2) is 72.8 Å². The third-order valence-electron chi connectivity index (χ3n) is 10.6. The first kappa shape index (κ1) is 36.3. The topological polar surface area (TPSA) is 111 Å². The van der Waals surface area contributed by atoms with Crippen molar-refractivity contribution in [3.63, 3.8) is 0 Å². The van der Waals surface area contributed by atoms with E-state index < -0.39 is 31.5 Å². The van der Waals surface area contributed by atoms with Gasteiger partial charge in [-0.3, -0.25) is 14.4 Å². The summed E-state index contributed by atoms with van der Waals surface area (Å²) in [6.45, 7) is 6.80. The Morgan fingerprint density at radius 3 is 2.48 bits per heavy atom. The Bertz CT molecular complexity index is 1720. The summed E-state index contributed by atoms with van der Waals surface area (Å²) in [5, 5.41) is 10.3. The van der Waals surface area contributed by atoms with Crippen molar-refractivity contribution in [2.24, 2.45) is 5.92 Å². The largest absolute Gasteiger partial charge is 0.432 e. The fourth-order valence-corrected chi connectivity index (χ4v) is 11.1. The Labute approximate surface area is 300 Å². The van der Waals surface area contributed by atoms with Crippen molar-refractivity contribution in [3.05, 3.63) is 94.5 Å². The number of fused-ring (bicyclic) bond motifs is 2. The predicted molar refractivity (Wildman–Crippen MR) is 197 cm³/mol. The fourth-order valence-electron chi connectivity index (χ4n) is 8.36. The van der Waals surface area contributed by atoms with Crippen LogP contribution in [0.5, 0.6) is 0 Å². The van der Waals surface area contributed by atoms with Crippen LogP contribution in [-0.4, -0.2) is 66.6 Å². The second-order valence-corrected chi connectivity index (χ2v) is 18.9. The zero-order valence-electron chi connectivity index (χ0n) is 29.2. The molecule has 2 N–H and O–H groups in total. The Kier molecular flexibility index (Phi) is 10.9. The van der Waals surface area contributed by atoms with Crippen LogP contribution in [0.25, 0.3) is 0 Å². The molecule has 1 spiro atoms. The number of ether oxygens (including phenoxy) is 1. The minimum atomic E-state index is -3.03. The zero-order chi connectivity index (χ0) is 35.6. The third kappa shape index (κ3) is 7.14. The molecule has 3 aliphatic heterocycles. The minimum Gasteiger partial charge on any atom is -0.432 e. The maximum Gasteiger partial charge on any atom is 0.264 e. The summed E-state index contributed by atoms with van der Waals surface area (Å²) in [6.07, 6.45) is 3.76. The monoisotopic (exact) mass is 717 g/mol. The molecule has 50 heavy (non-hydrogen) atoms. The molecule has 11 heteroatoms. The fraction of sp³-hybridized carbons (Fsp3) is 0.462. The molecule has 6 rings (SSSR count). The van der Waals surface area contributed by atoms with Gasteiger partial charge in [-0.15, -0.1) is 0 Å². The molecule has 0 aliphatic carbocycles. The summed E-state index contributed by atoms with van der Waals surface area (Å²) < 4.78 is 6.89. The van der Waals surface area contributed by atoms with Gasteiger partial charge in [0.1, 0.15) is 0 Å². The van der Waals surface area contributed by atoms with Gasteiger partial charge in [-0.1, -0.05) is 73.8 Å². The highest BCUT2D eigenvalue weighted by Gasteiger charge is 2.66. The number of rotatable bonds is 10. The lowest BCUT2D eigenvalue weighted by atomic mass is 9.82. The SMILES string of the molecule is C[C@H]1[C@H]([Si](C)(C)O)[C@@H](CC(=O)N(CCO)Cc2ccccc2)O[C@]12C(=O)N(Cc1cccc(N3CCCCCCC3=O)c1)c1ccc(Cl)cc12. The standard InChI is InChI=1S/C39H48ClN3O6Si/c1-27-37(50(2,3)48)34(24-36(46)41(20-21-44)25-28-12-7-6-8-13-28)49-39(27)32-23-30(40)17-18-33(32)43(38(39)47)26-29-14-11-15-31(22-29)42-19-10-5-4-9-16-35(42)45/h6-8,11-15,17-18,22-23,27,34,37,44,48H,4-5,9-10,16,19-21,24-26H2,1-3H3/t27-,34+,37-,39+/m0/s1. The number of hydrogen-bond donors (Lipinski definition) is 2. The van der Waals surface area contributed by atoms with Crippen molar-refractivity contribution in [1.29, 1.82) is 0 Å². The molecule has 3 heterocycles. The number of amides is 3. The molecule has 2 fully saturated rings. The maximum atomic E-state index is 14.9. The summed E-state index contributed by atoms with van der Waals surface area (Å²) in [4.78, 5) is 58.8. The molecule has 0 unspecified atom stereocenters. The van der Waals surface area contributed by atoms with Crippen molar-refractivity contribution < 1.29 is 29.0 Å². The molecule has 266 valence electrons. The van der Waals surface area contributed by atoms with Gasteiger partial charge in [-0.2, -0.15) is 0 Å². The van der Waals surface area contributed by atoms with Gasteiger partial charge in [0.15, 0.2) is 13.9 Å². The average Bonchev–Trinajstić information content (AvgIpc) is 3.49. The van der Waals surface area contributed by atoms with E-state index in [4.69, 9.17) is 16.3 Å². The highest BCUT2D eigenvalue weighted by Crippen LogP contribution is 2.60. The van der Waals surface area contributed by atoms with E-state index in [9.17, 15) is 24.3 Å². The molecule has 4 atom stereocenters. The zero-order valence-corrected chi connectivity index (χ0v) is 30.9. The lowest BCUT2D eigenvalue weighted by molar-refractivity contribution is -0.150. The van der Waals surface area contributed by atoms with E-state index in [1.165, 1.54) is 0 Å². The Morgan fingerprint density at radius 2 is 1.74 bits per heavy atom. The lowest BCUT2D eigenvalue weighted by Crippen LogP contribution is -2.46. The van der Waals surface area contributed by atoms with Gasteiger partial charge in [0.25, 0.3) is 5.91 Å². The van der Waals surface area contributed by atoms with Gasteiger partial charge < -0.3 is 29.3 Å². The number of aliphatic hydroxyl groups is 1. The normalized spacial score (nSPS) is 24.0. The molecule has 2 saturated heterocycles. The molecular weight excluding hydrogens is 670 g/mol. The number of hydrogen-bond acceptors (Lipinski definition) is 6. The number of aliphatic hydroxyl groups excluding tert-OH is 1. The van der Waals surface area contributed by atoms with Crippen LogP contribution >= 0.6 is 11.6 Å². The summed E-state index contributed by atoms with van der Waals surface area (Å²) in [5.41, 5.74) is 2.03. The first-order valence-electron chi connectivity index (χ1n) is 17.8. The van der Waals surface area contributed by atoms with E-state index in [2.05, 4.69) is 0 Å². The van der Waals surface area contributed by atoms with Crippen molar-refractivity contribution in [3.8, 4) is 0 Å². The molecule has 0 saturated carbocycles. The number of carbonyl (C=O) groups excluding carboxylic acids is 3. The number of benzene rings is 3. The van der Waals surface area contributed by atoms with E-state index in [0.717, 1.165) is 42.5 Å². The second kappa shape index (κ2) is 15.0. The molecule has 0 bridgehead atoms. The molecular formula is C39H48ClN3O6Si. The van der Waals surface area contributed by atoms with Gasteiger partial charge in [-0.25, -0.2) is 0 Å². The molecule has 3 amide bonds. The molecule has 0 radical (unpaired) electrons. The van der Waals surface area contributed by atoms with E-state index in [1.54, 1.807) is 21.9 Å². The van der Waals surface area contributed by atoms with E-state index in [0.29, 0.717) is 35.8 Å². The quantitative estimate of drug-likeness (QED) is 0.235. The van der Waals surface area contributed by atoms with Crippen LogP contribution < -0.4 is 9.80 Å². The summed E-state index contributed by atoms with van der Waals surface area (Å²) in [7, 11) is -3.03. The van der Waals surface area contributed by atoms with Crippen molar-refractivity contribution in [2.45, 2.75) is 88.9 Å². The number of anilines is 2. The molecule has 0 aromatic heterocycles. The first-order chi connectivity index (χ1) is 23.9. The van der Waals surface area contributed by atoms with Crippen LogP contribution in [0.1, 0.15) is 62.1 Å². The summed E-state index contributed by atoms with van der Waals surface area (Å²) in [5.74, 6) is -0.823. The highest BCUT2D eigenvalue weighted by atomic mass is 35.5. The minimum absolute atomic E-state index is 0.0460. The number of carbonyl (C=O) groups is 3. The number of halogens is 1. The maximum absolute atomic E-state index is 14.9. The van der Waals surface area contributed by atoms with Crippen LogP contribution in [0.3, 0.4) is 0 Å². The van der Waals surface area contributed by atoms with Gasteiger partial charge in [0, 0.05) is 53.8 Å². The predicted octanol–water partition coefficient (Wildman–Crippen LogP) is 6.39. The highest BCUT2D eigenvalue weighted by molar-refractivity contribution is 6.71. The molecule has 3 aliphatic rings.